The predicted octanol–water partition coefficient (Wildman–Crippen LogP) is 4.09. The number of carbonyl (C=O) groups is 3. The highest BCUT2D eigenvalue weighted by atomic mass is 79.9. The fraction of sp³-hybridized carbons (Fsp3) is 0.227. The van der Waals surface area contributed by atoms with Crippen LogP contribution < -0.4 is 5.32 Å². The van der Waals surface area contributed by atoms with Crippen LogP contribution in [0.25, 0.3) is 10.9 Å². The fourth-order valence-electron chi connectivity index (χ4n) is 3.26. The third-order valence-corrected chi connectivity index (χ3v) is 5.24. The summed E-state index contributed by atoms with van der Waals surface area (Å²) < 4.78 is 2.53. The smallest absolute Gasteiger partial charge is 0.296 e. The number of anilines is 1. The zero-order valence-electron chi connectivity index (χ0n) is 16.3. The Kier molecular flexibility index (Phi) is 6.49. The van der Waals surface area contributed by atoms with E-state index in [1.54, 1.807) is 39.9 Å². The highest BCUT2D eigenvalue weighted by Crippen LogP contribution is 2.23. The predicted molar refractivity (Wildman–Crippen MR) is 117 cm³/mol. The van der Waals surface area contributed by atoms with Gasteiger partial charge in [-0.2, -0.15) is 0 Å². The number of likely N-dealkylation sites (N-methyl/N-ethyl adjacent to an activating group) is 1. The number of nitrogens with one attached hydrogen (secondary N) is 1. The number of halogens is 1. The number of Topliss-reactive ketones (excluding diaryl/α,β-unsaturated/α-hetero) is 1. The van der Waals surface area contributed by atoms with Crippen LogP contribution in [0.4, 0.5) is 5.69 Å². The van der Waals surface area contributed by atoms with Gasteiger partial charge in [0.05, 0.1) is 5.56 Å². The molecule has 6 nitrogen and oxygen atoms in total. The first-order valence-corrected chi connectivity index (χ1v) is 10.2. The van der Waals surface area contributed by atoms with E-state index >= 15 is 0 Å². The van der Waals surface area contributed by atoms with Crippen LogP contribution in [-0.2, 0) is 16.1 Å². The summed E-state index contributed by atoms with van der Waals surface area (Å²) in [6.07, 6.45) is 1.59. The number of fused-ring (bicyclic) bond motifs is 1. The molecule has 0 fully saturated rings. The Bertz CT molecular complexity index is 1070. The molecule has 7 heteroatoms. The number of rotatable bonds is 7. The highest BCUT2D eigenvalue weighted by Gasteiger charge is 2.23. The SMILES string of the molecule is CCN(CC)C(=O)Cn1cc(C(=O)C(=O)Nc2cccc(Br)c2)c2ccccc21. The van der Waals surface area contributed by atoms with Gasteiger partial charge in [0.1, 0.15) is 6.54 Å². The van der Waals surface area contributed by atoms with Gasteiger partial charge in [-0.15, -0.1) is 0 Å². The third-order valence-electron chi connectivity index (χ3n) is 4.74. The van der Waals surface area contributed by atoms with Gasteiger partial charge in [-0.3, -0.25) is 14.4 Å². The second kappa shape index (κ2) is 9.05. The van der Waals surface area contributed by atoms with Crippen molar-refractivity contribution in [3.8, 4) is 0 Å². The molecule has 1 heterocycles. The van der Waals surface area contributed by atoms with Gasteiger partial charge in [0.15, 0.2) is 0 Å². The van der Waals surface area contributed by atoms with Crippen LogP contribution in [0, 0.1) is 0 Å². The van der Waals surface area contributed by atoms with E-state index < -0.39 is 11.7 Å². The van der Waals surface area contributed by atoms with E-state index in [9.17, 15) is 14.4 Å². The van der Waals surface area contributed by atoms with Crippen molar-refractivity contribution in [3.05, 3.63) is 64.8 Å². The van der Waals surface area contributed by atoms with Gasteiger partial charge < -0.3 is 14.8 Å². The van der Waals surface area contributed by atoms with Gasteiger partial charge in [0.2, 0.25) is 5.91 Å². The van der Waals surface area contributed by atoms with Gasteiger partial charge in [-0.1, -0.05) is 40.2 Å². The summed E-state index contributed by atoms with van der Waals surface area (Å²) >= 11 is 3.34. The number of carbonyl (C=O) groups excluding carboxylic acids is 3. The van der Waals surface area contributed by atoms with Crippen molar-refractivity contribution >= 4 is 50.1 Å². The molecular formula is C22H22BrN3O3. The average Bonchev–Trinajstić information content (AvgIpc) is 3.07. The molecule has 2 amide bonds. The summed E-state index contributed by atoms with van der Waals surface area (Å²) in [5, 5.41) is 3.28. The van der Waals surface area contributed by atoms with Crippen molar-refractivity contribution in [2.24, 2.45) is 0 Å². The Labute approximate surface area is 177 Å². The molecule has 0 radical (unpaired) electrons. The first-order valence-electron chi connectivity index (χ1n) is 9.41. The maximum Gasteiger partial charge on any atom is 0.296 e. The molecule has 1 N–H and O–H groups in total. The van der Waals surface area contributed by atoms with Gasteiger partial charge in [0.25, 0.3) is 11.7 Å². The molecule has 0 aliphatic carbocycles. The quantitative estimate of drug-likeness (QED) is 0.430. The van der Waals surface area contributed by atoms with Gasteiger partial charge >= 0.3 is 0 Å². The van der Waals surface area contributed by atoms with Gasteiger partial charge in [0, 0.05) is 40.3 Å². The minimum atomic E-state index is -0.721. The number of para-hydroxylation sites is 1. The van der Waals surface area contributed by atoms with Gasteiger partial charge in [-0.05, 0) is 38.1 Å². The molecular weight excluding hydrogens is 434 g/mol. The topological polar surface area (TPSA) is 71.4 Å². The van der Waals surface area contributed by atoms with Crippen LogP contribution in [0.15, 0.2) is 59.2 Å². The van der Waals surface area contributed by atoms with Crippen molar-refractivity contribution in [1.29, 1.82) is 0 Å². The maximum absolute atomic E-state index is 12.9. The summed E-state index contributed by atoms with van der Waals surface area (Å²) in [7, 11) is 0. The van der Waals surface area contributed by atoms with Gasteiger partial charge in [-0.25, -0.2) is 0 Å². The molecule has 0 saturated carbocycles. The lowest BCUT2D eigenvalue weighted by atomic mass is 10.1. The van der Waals surface area contributed by atoms with Crippen molar-refractivity contribution in [2.45, 2.75) is 20.4 Å². The minimum Gasteiger partial charge on any atom is -0.342 e. The van der Waals surface area contributed by atoms with Crippen LogP contribution in [0.3, 0.4) is 0 Å². The van der Waals surface area contributed by atoms with E-state index in [4.69, 9.17) is 0 Å². The number of ketones is 1. The number of aromatic nitrogens is 1. The number of benzene rings is 2. The molecule has 2 aromatic carbocycles. The Morgan fingerprint density at radius 3 is 2.45 bits per heavy atom. The number of hydrogen-bond acceptors (Lipinski definition) is 3. The molecule has 0 saturated heterocycles. The lowest BCUT2D eigenvalue weighted by molar-refractivity contribution is -0.131. The van der Waals surface area contributed by atoms with E-state index in [1.165, 1.54) is 0 Å². The molecule has 0 bridgehead atoms. The van der Waals surface area contributed by atoms with Crippen molar-refractivity contribution in [2.75, 3.05) is 18.4 Å². The van der Waals surface area contributed by atoms with E-state index in [1.807, 2.05) is 38.1 Å². The monoisotopic (exact) mass is 455 g/mol. The third kappa shape index (κ3) is 4.56. The number of hydrogen-bond donors (Lipinski definition) is 1. The molecule has 29 heavy (non-hydrogen) atoms. The zero-order valence-corrected chi connectivity index (χ0v) is 17.9. The average molecular weight is 456 g/mol. The summed E-state index contributed by atoms with van der Waals surface area (Å²) in [6.45, 7) is 5.21. The van der Waals surface area contributed by atoms with Crippen LogP contribution >= 0.6 is 15.9 Å². The summed E-state index contributed by atoms with van der Waals surface area (Å²) in [6, 6.07) is 14.3. The second-order valence-corrected chi connectivity index (χ2v) is 7.46. The van der Waals surface area contributed by atoms with E-state index in [0.29, 0.717) is 24.2 Å². The van der Waals surface area contributed by atoms with Crippen molar-refractivity contribution in [1.82, 2.24) is 9.47 Å². The zero-order chi connectivity index (χ0) is 21.0. The number of nitrogens with zero attached hydrogens (tertiary/aromatic N) is 2. The van der Waals surface area contributed by atoms with Crippen LogP contribution in [0.2, 0.25) is 0 Å². The fourth-order valence-corrected chi connectivity index (χ4v) is 3.66. The molecule has 0 unspecified atom stereocenters. The van der Waals surface area contributed by atoms with Crippen LogP contribution in [-0.4, -0.2) is 40.2 Å². The molecule has 3 aromatic rings. The van der Waals surface area contributed by atoms with Crippen LogP contribution in [0.5, 0.6) is 0 Å². The number of amides is 2. The molecule has 0 atom stereocenters. The summed E-state index contributed by atoms with van der Waals surface area (Å²) in [5.41, 5.74) is 1.55. The molecule has 150 valence electrons. The Hall–Kier alpha value is -2.93. The lowest BCUT2D eigenvalue weighted by Gasteiger charge is -2.19. The Morgan fingerprint density at radius 2 is 1.76 bits per heavy atom. The van der Waals surface area contributed by atoms with E-state index in [0.717, 1.165) is 9.99 Å². The maximum atomic E-state index is 12.9. The molecule has 0 spiro atoms. The Balaban J connectivity index is 1.90. The Morgan fingerprint density at radius 1 is 1.03 bits per heavy atom. The second-order valence-electron chi connectivity index (χ2n) is 6.55. The normalized spacial score (nSPS) is 10.7. The molecule has 3 rings (SSSR count). The van der Waals surface area contributed by atoms with Crippen molar-refractivity contribution in [3.63, 3.8) is 0 Å². The van der Waals surface area contributed by atoms with Crippen LogP contribution in [0.1, 0.15) is 24.2 Å². The van der Waals surface area contributed by atoms with Crippen molar-refractivity contribution < 1.29 is 14.4 Å². The first-order chi connectivity index (χ1) is 13.9. The molecule has 0 aliphatic rings. The lowest BCUT2D eigenvalue weighted by Crippen LogP contribution is -2.33. The largest absolute Gasteiger partial charge is 0.342 e. The molecule has 0 aliphatic heterocycles. The molecule has 1 aromatic heterocycles. The van der Waals surface area contributed by atoms with E-state index in [2.05, 4.69) is 21.2 Å². The highest BCUT2D eigenvalue weighted by molar-refractivity contribution is 9.10. The van der Waals surface area contributed by atoms with E-state index in [-0.39, 0.29) is 18.0 Å². The first kappa shape index (κ1) is 20.8. The minimum absolute atomic E-state index is 0.0339. The summed E-state index contributed by atoms with van der Waals surface area (Å²) in [5.74, 6) is -1.40. The summed E-state index contributed by atoms with van der Waals surface area (Å²) in [4.78, 5) is 39.7. The standard InChI is InChI=1S/C22H22BrN3O3/c1-3-25(4-2)20(27)14-26-13-18(17-10-5-6-11-19(17)26)21(28)22(29)24-16-9-7-8-15(23)12-16/h5-13H,3-4,14H2,1-2H3,(H,24,29).